The number of fused-ring (bicyclic) bond motifs is 7. The van der Waals surface area contributed by atoms with Crippen LogP contribution in [0.3, 0.4) is 0 Å². The van der Waals surface area contributed by atoms with E-state index in [9.17, 15) is 14.4 Å². The Morgan fingerprint density at radius 1 is 0.914 bits per heavy atom. The fourth-order valence-electron chi connectivity index (χ4n) is 10.4. The van der Waals surface area contributed by atoms with Gasteiger partial charge in [-0.25, -0.2) is 0 Å². The molecule has 0 amide bonds. The molecule has 5 aliphatic rings. The highest BCUT2D eigenvalue weighted by molar-refractivity contribution is 5.96. The Labute approximate surface area is 212 Å². The van der Waals surface area contributed by atoms with Gasteiger partial charge in [0.05, 0.1) is 12.5 Å². The zero-order valence-electron chi connectivity index (χ0n) is 23.3. The highest BCUT2D eigenvalue weighted by atomic mass is 16.5. The summed E-state index contributed by atoms with van der Waals surface area (Å²) in [5.74, 6) is 0.980. The molecule has 0 aromatic carbocycles. The first-order valence-corrected chi connectivity index (χ1v) is 14.0. The number of carbonyl (C=O) groups is 3. The van der Waals surface area contributed by atoms with Gasteiger partial charge in [0.1, 0.15) is 5.78 Å². The van der Waals surface area contributed by atoms with Gasteiger partial charge in [0, 0.05) is 17.8 Å². The quantitative estimate of drug-likeness (QED) is 0.390. The molecular weight excluding hydrogens is 436 g/mol. The van der Waals surface area contributed by atoms with E-state index in [1.54, 1.807) is 0 Å². The van der Waals surface area contributed by atoms with E-state index in [1.165, 1.54) is 12.7 Å². The fraction of sp³-hybridized carbons (Fsp3) is 0.839. The van der Waals surface area contributed by atoms with Gasteiger partial charge >= 0.3 is 5.97 Å². The van der Waals surface area contributed by atoms with Crippen LogP contribution in [0.2, 0.25) is 0 Å². The number of ether oxygens (including phenoxy) is 1. The molecule has 0 heterocycles. The van der Waals surface area contributed by atoms with Gasteiger partial charge in [-0.15, -0.1) is 0 Å². The van der Waals surface area contributed by atoms with Crippen molar-refractivity contribution < 1.29 is 19.1 Å². The molecule has 0 N–H and O–H groups in total. The second-order valence-electron chi connectivity index (χ2n) is 14.9. The summed E-state index contributed by atoms with van der Waals surface area (Å²) in [6, 6.07) is 0. The Morgan fingerprint density at radius 2 is 1.57 bits per heavy atom. The van der Waals surface area contributed by atoms with Crippen molar-refractivity contribution in [1.29, 1.82) is 0 Å². The molecule has 0 aromatic heterocycles. The maximum Gasteiger partial charge on any atom is 0.311 e. The molecule has 4 nitrogen and oxygen atoms in total. The van der Waals surface area contributed by atoms with Crippen molar-refractivity contribution in [1.82, 2.24) is 0 Å². The number of ketones is 2. The number of methoxy groups -OCH3 is 1. The highest BCUT2D eigenvalue weighted by Crippen LogP contribution is 2.74. The van der Waals surface area contributed by atoms with E-state index in [-0.39, 0.29) is 56.6 Å². The van der Waals surface area contributed by atoms with E-state index >= 15 is 0 Å². The summed E-state index contributed by atoms with van der Waals surface area (Å²) in [5.41, 5.74) is 0.244. The third-order valence-corrected chi connectivity index (χ3v) is 13.0. The van der Waals surface area contributed by atoms with Crippen LogP contribution in [0.4, 0.5) is 0 Å². The first-order chi connectivity index (χ1) is 16.1. The molecule has 0 spiro atoms. The molecule has 0 aromatic rings. The van der Waals surface area contributed by atoms with Gasteiger partial charge in [-0.05, 0) is 97.9 Å². The number of allylic oxidation sites excluding steroid dienone is 2. The van der Waals surface area contributed by atoms with Crippen LogP contribution < -0.4 is 0 Å². The maximum atomic E-state index is 14.3. The van der Waals surface area contributed by atoms with Crippen molar-refractivity contribution in [3.8, 4) is 0 Å². The van der Waals surface area contributed by atoms with Gasteiger partial charge in [-0.3, -0.25) is 14.4 Å². The van der Waals surface area contributed by atoms with Gasteiger partial charge in [-0.2, -0.15) is 0 Å². The molecule has 35 heavy (non-hydrogen) atoms. The molecule has 5 aliphatic carbocycles. The summed E-state index contributed by atoms with van der Waals surface area (Å²) in [6.07, 6.45) is 10.3. The van der Waals surface area contributed by atoms with Crippen LogP contribution in [-0.2, 0) is 19.1 Å². The second kappa shape index (κ2) is 7.32. The van der Waals surface area contributed by atoms with Crippen LogP contribution in [0.1, 0.15) is 106 Å². The number of hydrogen-bond donors (Lipinski definition) is 0. The molecule has 4 saturated carbocycles. The van der Waals surface area contributed by atoms with E-state index in [2.05, 4.69) is 54.5 Å². The lowest BCUT2D eigenvalue weighted by molar-refractivity contribution is -0.188. The standard InChI is InChI=1S/C31H46O4/c1-26(2)22-9-12-31(7)24(29(22,5)11-10-23(26)33)21(32)17-19-20-18-28(4,25(34)35-8)14-13-27(20,3)15-16-30(19,31)6/h17,20,22,24H,9-16,18H2,1-8H3/t20-,22-,24+,27+,28-,29-,30-,31-/m0/s1. The topological polar surface area (TPSA) is 60.4 Å². The van der Waals surface area contributed by atoms with Crippen LogP contribution >= 0.6 is 0 Å². The lowest BCUT2D eigenvalue weighted by Gasteiger charge is -2.69. The molecule has 5 rings (SSSR count). The number of esters is 1. The minimum absolute atomic E-state index is 0.0465. The molecule has 4 fully saturated rings. The first kappa shape index (κ1) is 25.2. The van der Waals surface area contributed by atoms with Gasteiger partial charge < -0.3 is 4.74 Å². The maximum absolute atomic E-state index is 14.3. The number of rotatable bonds is 1. The molecule has 194 valence electrons. The summed E-state index contributed by atoms with van der Waals surface area (Å²) in [7, 11) is 1.50. The average Bonchev–Trinajstić information content (AvgIpc) is 2.78. The summed E-state index contributed by atoms with van der Waals surface area (Å²) in [4.78, 5) is 40.0. The van der Waals surface area contributed by atoms with Crippen LogP contribution in [-0.4, -0.2) is 24.6 Å². The lowest BCUT2D eigenvalue weighted by atomic mass is 9.33. The minimum atomic E-state index is -0.490. The summed E-state index contributed by atoms with van der Waals surface area (Å²) in [5, 5.41) is 0. The van der Waals surface area contributed by atoms with Crippen molar-refractivity contribution in [2.45, 2.75) is 106 Å². The number of Topliss-reactive ketones (excluding diaryl/α,β-unsaturated/α-hetero) is 1. The number of hydrogen-bond acceptors (Lipinski definition) is 4. The largest absolute Gasteiger partial charge is 0.469 e. The third-order valence-electron chi connectivity index (χ3n) is 13.0. The van der Waals surface area contributed by atoms with Gasteiger partial charge in [-0.1, -0.05) is 47.1 Å². The monoisotopic (exact) mass is 482 g/mol. The number of carbonyl (C=O) groups excluding carboxylic acids is 3. The van der Waals surface area contributed by atoms with Crippen molar-refractivity contribution in [3.05, 3.63) is 11.6 Å². The molecule has 4 heteroatoms. The molecule has 0 unspecified atom stereocenters. The Morgan fingerprint density at radius 3 is 2.23 bits per heavy atom. The Hall–Kier alpha value is -1.45. The van der Waals surface area contributed by atoms with Crippen molar-refractivity contribution >= 4 is 17.5 Å². The van der Waals surface area contributed by atoms with E-state index < -0.39 is 5.41 Å². The predicted molar refractivity (Wildman–Crippen MR) is 136 cm³/mol. The van der Waals surface area contributed by atoms with Crippen LogP contribution in [0.15, 0.2) is 11.6 Å². The lowest BCUT2D eigenvalue weighted by Crippen LogP contribution is -2.66. The van der Waals surface area contributed by atoms with Crippen LogP contribution in [0, 0.1) is 50.2 Å². The van der Waals surface area contributed by atoms with Crippen molar-refractivity contribution in [2.24, 2.45) is 50.2 Å². The summed E-state index contributed by atoms with van der Waals surface area (Å²) >= 11 is 0. The molecular formula is C31H46O4. The van der Waals surface area contributed by atoms with Crippen molar-refractivity contribution in [3.63, 3.8) is 0 Å². The Balaban J connectivity index is 1.62. The van der Waals surface area contributed by atoms with E-state index in [4.69, 9.17) is 4.74 Å². The van der Waals surface area contributed by atoms with Crippen LogP contribution in [0.5, 0.6) is 0 Å². The summed E-state index contributed by atoms with van der Waals surface area (Å²) < 4.78 is 5.24. The Bertz CT molecular complexity index is 1020. The first-order valence-electron chi connectivity index (χ1n) is 14.0. The summed E-state index contributed by atoms with van der Waals surface area (Å²) in [6.45, 7) is 15.9. The third kappa shape index (κ3) is 3.00. The minimum Gasteiger partial charge on any atom is -0.469 e. The highest BCUT2D eigenvalue weighted by Gasteiger charge is 2.70. The van der Waals surface area contributed by atoms with Gasteiger partial charge in [0.15, 0.2) is 5.78 Å². The van der Waals surface area contributed by atoms with E-state index in [0.29, 0.717) is 12.2 Å². The molecule has 8 atom stereocenters. The normalized spacial score (nSPS) is 50.7. The zero-order valence-corrected chi connectivity index (χ0v) is 23.3. The van der Waals surface area contributed by atoms with Gasteiger partial charge in [0.2, 0.25) is 0 Å². The van der Waals surface area contributed by atoms with Crippen LogP contribution in [0.25, 0.3) is 0 Å². The smallest absolute Gasteiger partial charge is 0.311 e. The fourth-order valence-corrected chi connectivity index (χ4v) is 10.4. The van der Waals surface area contributed by atoms with E-state index in [1.807, 2.05) is 0 Å². The Kier molecular flexibility index (Phi) is 5.27. The SMILES string of the molecule is COC(=O)[C@@]1(C)CC[C@]2(C)CC[C@@]3(C)C(=CC(=O)[C@@H]4[C@@]5(C)CCC(=O)C(C)(C)[C@@H]5CC[C@@]43C)[C@@H]2C1. The zero-order chi connectivity index (χ0) is 25.8. The second-order valence-corrected chi connectivity index (χ2v) is 14.9. The molecule has 0 aliphatic heterocycles. The van der Waals surface area contributed by atoms with Crippen molar-refractivity contribution in [2.75, 3.05) is 7.11 Å². The molecule has 0 bridgehead atoms. The van der Waals surface area contributed by atoms with E-state index in [0.717, 1.165) is 51.4 Å². The predicted octanol–water partition coefficient (Wildman–Crippen LogP) is 6.71. The van der Waals surface area contributed by atoms with Gasteiger partial charge in [0.25, 0.3) is 0 Å². The molecule has 0 radical (unpaired) electrons. The molecule has 0 saturated heterocycles. The average molecular weight is 483 g/mol.